The van der Waals surface area contributed by atoms with Crippen LogP contribution in [0.5, 0.6) is 5.88 Å². The lowest BCUT2D eigenvalue weighted by molar-refractivity contribution is 0.108. The van der Waals surface area contributed by atoms with Gasteiger partial charge in [-0.05, 0) is 13.0 Å². The maximum atomic E-state index is 8.45. The number of nitrogens with zero attached hydrogens (tertiary/aromatic N) is 2. The first-order valence-electron chi connectivity index (χ1n) is 4.92. The first kappa shape index (κ1) is 12.3. The average molecular weight is 225 g/mol. The van der Waals surface area contributed by atoms with Crippen LogP contribution in [0, 0.1) is 0 Å². The van der Waals surface area contributed by atoms with Gasteiger partial charge in [0.05, 0.1) is 6.61 Å². The van der Waals surface area contributed by atoms with Gasteiger partial charge in [0.1, 0.15) is 6.61 Å². The number of aromatic nitrogens is 1. The van der Waals surface area contributed by atoms with E-state index in [-0.39, 0.29) is 5.84 Å². The Morgan fingerprint density at radius 3 is 2.88 bits per heavy atom. The van der Waals surface area contributed by atoms with Gasteiger partial charge in [0.25, 0.3) is 0 Å². The third-order valence-corrected chi connectivity index (χ3v) is 1.82. The molecule has 1 aromatic rings. The lowest BCUT2D eigenvalue weighted by Gasteiger charge is -2.05. The molecule has 1 rings (SSSR count). The first-order chi connectivity index (χ1) is 7.77. The van der Waals surface area contributed by atoms with E-state index in [1.807, 2.05) is 6.92 Å². The Kier molecular flexibility index (Phi) is 5.07. The van der Waals surface area contributed by atoms with Crippen molar-refractivity contribution in [3.05, 3.63) is 23.9 Å². The molecular formula is C10H15N3O3. The summed E-state index contributed by atoms with van der Waals surface area (Å²) in [7, 11) is 0. The summed E-state index contributed by atoms with van der Waals surface area (Å²) in [5.74, 6) is 0.502. The summed E-state index contributed by atoms with van der Waals surface area (Å²) in [5.41, 5.74) is 5.92. The molecule has 0 unspecified atom stereocenters. The molecule has 3 N–H and O–H groups in total. The maximum absolute atomic E-state index is 8.45. The zero-order valence-electron chi connectivity index (χ0n) is 9.09. The van der Waals surface area contributed by atoms with Crippen LogP contribution < -0.4 is 10.5 Å². The van der Waals surface area contributed by atoms with Gasteiger partial charge in [-0.15, -0.1) is 0 Å². The second-order valence-electron chi connectivity index (χ2n) is 2.92. The number of nitrogens with two attached hydrogens (primary N) is 1. The van der Waals surface area contributed by atoms with Crippen LogP contribution in [-0.4, -0.2) is 35.8 Å². The molecule has 0 fully saturated rings. The van der Waals surface area contributed by atoms with E-state index in [9.17, 15) is 0 Å². The normalized spacial score (nSPS) is 11.4. The zero-order valence-corrected chi connectivity index (χ0v) is 9.09. The smallest absolute Gasteiger partial charge is 0.213 e. The molecule has 0 radical (unpaired) electrons. The van der Waals surface area contributed by atoms with E-state index in [0.29, 0.717) is 31.3 Å². The molecule has 0 atom stereocenters. The zero-order chi connectivity index (χ0) is 11.8. The van der Waals surface area contributed by atoms with Crippen molar-refractivity contribution in [2.45, 2.75) is 6.92 Å². The number of hydrogen-bond acceptors (Lipinski definition) is 5. The van der Waals surface area contributed by atoms with Crippen molar-refractivity contribution in [3.8, 4) is 5.88 Å². The predicted molar refractivity (Wildman–Crippen MR) is 58.7 cm³/mol. The first-order valence-corrected chi connectivity index (χ1v) is 4.92. The van der Waals surface area contributed by atoms with Crippen molar-refractivity contribution >= 4 is 5.84 Å². The maximum Gasteiger partial charge on any atom is 0.213 e. The third kappa shape index (κ3) is 3.74. The highest BCUT2D eigenvalue weighted by molar-refractivity contribution is 5.96. The molecule has 0 aromatic carbocycles. The van der Waals surface area contributed by atoms with Crippen LogP contribution in [0.3, 0.4) is 0 Å². The van der Waals surface area contributed by atoms with Crippen LogP contribution in [-0.2, 0) is 4.74 Å². The highest BCUT2D eigenvalue weighted by Crippen LogP contribution is 2.07. The Labute approximate surface area is 93.7 Å². The van der Waals surface area contributed by atoms with Crippen molar-refractivity contribution in [1.82, 2.24) is 4.98 Å². The van der Waals surface area contributed by atoms with Gasteiger partial charge in [-0.3, -0.25) is 0 Å². The van der Waals surface area contributed by atoms with E-state index in [1.54, 1.807) is 12.1 Å². The quantitative estimate of drug-likeness (QED) is 0.243. The van der Waals surface area contributed by atoms with Gasteiger partial charge in [0, 0.05) is 24.4 Å². The molecule has 0 saturated heterocycles. The molecule has 0 aliphatic rings. The SMILES string of the molecule is CCOCCOc1ccc(/C(N)=N/O)cn1. The number of oxime groups is 1. The summed E-state index contributed by atoms with van der Waals surface area (Å²) in [6, 6.07) is 3.32. The highest BCUT2D eigenvalue weighted by atomic mass is 16.5. The summed E-state index contributed by atoms with van der Waals surface area (Å²) in [6.07, 6.45) is 1.48. The van der Waals surface area contributed by atoms with Gasteiger partial charge in [0.15, 0.2) is 5.84 Å². The van der Waals surface area contributed by atoms with E-state index < -0.39 is 0 Å². The standard InChI is InChI=1S/C10H15N3O3/c1-2-15-5-6-16-9-4-3-8(7-12-9)10(11)13-14/h3-4,7,14H,2,5-6H2,1H3,(H2,11,13). The number of hydrogen-bond donors (Lipinski definition) is 2. The summed E-state index contributed by atoms with van der Waals surface area (Å²) in [6.45, 7) is 3.56. The van der Waals surface area contributed by atoms with Crippen molar-refractivity contribution < 1.29 is 14.7 Å². The molecule has 0 bridgehead atoms. The number of amidine groups is 1. The lowest BCUT2D eigenvalue weighted by atomic mass is 10.3. The monoisotopic (exact) mass is 225 g/mol. The molecule has 0 aliphatic carbocycles. The van der Waals surface area contributed by atoms with Crippen LogP contribution in [0.15, 0.2) is 23.5 Å². The van der Waals surface area contributed by atoms with Crippen molar-refractivity contribution in [2.75, 3.05) is 19.8 Å². The molecule has 0 spiro atoms. The van der Waals surface area contributed by atoms with Gasteiger partial charge < -0.3 is 20.4 Å². The average Bonchev–Trinajstić information content (AvgIpc) is 2.34. The minimum atomic E-state index is 0.0216. The van der Waals surface area contributed by atoms with E-state index in [1.165, 1.54) is 6.20 Å². The van der Waals surface area contributed by atoms with E-state index in [2.05, 4.69) is 10.1 Å². The lowest BCUT2D eigenvalue weighted by Crippen LogP contribution is -2.13. The van der Waals surface area contributed by atoms with Crippen LogP contribution in [0.2, 0.25) is 0 Å². The summed E-state index contributed by atoms with van der Waals surface area (Å²) >= 11 is 0. The fourth-order valence-corrected chi connectivity index (χ4v) is 1.02. The molecule has 1 heterocycles. The minimum Gasteiger partial charge on any atom is -0.475 e. The molecule has 16 heavy (non-hydrogen) atoms. The Morgan fingerprint density at radius 2 is 2.31 bits per heavy atom. The van der Waals surface area contributed by atoms with Gasteiger partial charge in [-0.2, -0.15) is 0 Å². The van der Waals surface area contributed by atoms with E-state index in [0.717, 1.165) is 0 Å². The fraction of sp³-hybridized carbons (Fsp3) is 0.400. The molecule has 0 saturated carbocycles. The number of ether oxygens (including phenoxy) is 2. The summed E-state index contributed by atoms with van der Waals surface area (Å²) in [5, 5.41) is 11.3. The van der Waals surface area contributed by atoms with Crippen molar-refractivity contribution in [1.29, 1.82) is 0 Å². The topological polar surface area (TPSA) is 90.0 Å². The summed E-state index contributed by atoms with van der Waals surface area (Å²) < 4.78 is 10.4. The predicted octanol–water partition coefficient (Wildman–Crippen LogP) is 0.591. The molecular weight excluding hydrogens is 210 g/mol. The molecule has 6 heteroatoms. The second-order valence-corrected chi connectivity index (χ2v) is 2.92. The van der Waals surface area contributed by atoms with Crippen molar-refractivity contribution in [2.24, 2.45) is 10.9 Å². The minimum absolute atomic E-state index is 0.0216. The van der Waals surface area contributed by atoms with Crippen LogP contribution >= 0.6 is 0 Å². The van der Waals surface area contributed by atoms with Gasteiger partial charge in [-0.1, -0.05) is 5.16 Å². The van der Waals surface area contributed by atoms with Gasteiger partial charge in [0.2, 0.25) is 5.88 Å². The Morgan fingerprint density at radius 1 is 1.50 bits per heavy atom. The molecule has 1 aromatic heterocycles. The van der Waals surface area contributed by atoms with E-state index >= 15 is 0 Å². The van der Waals surface area contributed by atoms with Crippen LogP contribution in [0.1, 0.15) is 12.5 Å². The Balaban J connectivity index is 2.45. The Hall–Kier alpha value is -1.82. The molecule has 0 aliphatic heterocycles. The van der Waals surface area contributed by atoms with Crippen LogP contribution in [0.4, 0.5) is 0 Å². The second kappa shape index (κ2) is 6.62. The van der Waals surface area contributed by atoms with E-state index in [4.69, 9.17) is 20.4 Å². The molecule has 88 valence electrons. The Bertz CT molecular complexity index is 338. The number of rotatable bonds is 6. The highest BCUT2D eigenvalue weighted by Gasteiger charge is 2.00. The molecule has 0 amide bonds. The largest absolute Gasteiger partial charge is 0.475 e. The van der Waals surface area contributed by atoms with Crippen LogP contribution in [0.25, 0.3) is 0 Å². The fourth-order valence-electron chi connectivity index (χ4n) is 1.02. The molecule has 6 nitrogen and oxygen atoms in total. The number of pyridine rings is 1. The van der Waals surface area contributed by atoms with Gasteiger partial charge >= 0.3 is 0 Å². The third-order valence-electron chi connectivity index (χ3n) is 1.82. The summed E-state index contributed by atoms with van der Waals surface area (Å²) in [4.78, 5) is 4.00. The van der Waals surface area contributed by atoms with Gasteiger partial charge in [-0.25, -0.2) is 4.98 Å². The van der Waals surface area contributed by atoms with Crippen molar-refractivity contribution in [3.63, 3.8) is 0 Å².